The summed E-state index contributed by atoms with van der Waals surface area (Å²) in [5.41, 5.74) is 3.28. The second-order valence-corrected chi connectivity index (χ2v) is 5.11. The average Bonchev–Trinajstić information content (AvgIpc) is 2.57. The van der Waals surface area contributed by atoms with Crippen molar-refractivity contribution in [1.82, 2.24) is 9.97 Å². The smallest absolute Gasteiger partial charge is 0.0806 e. The molecule has 3 rings (SSSR count). The zero-order valence-electron chi connectivity index (χ0n) is 12.2. The predicted molar refractivity (Wildman–Crippen MR) is 83.5 cm³/mol. The molecule has 0 spiro atoms. The molecule has 110 valence electrons. The van der Waals surface area contributed by atoms with Crippen molar-refractivity contribution < 1.29 is 4.74 Å². The molecule has 5 nitrogen and oxygen atoms in total. The number of nitrogens with zero attached hydrogens (tertiary/aromatic N) is 3. The molecule has 1 aliphatic heterocycles. The molecule has 1 fully saturated rings. The van der Waals surface area contributed by atoms with Crippen LogP contribution in [-0.4, -0.2) is 36.3 Å². The fraction of sp³-hybridized carbons (Fsp3) is 0.375. The van der Waals surface area contributed by atoms with E-state index in [4.69, 9.17) is 4.74 Å². The fourth-order valence-electron chi connectivity index (χ4n) is 2.52. The minimum atomic E-state index is 0.112. The Morgan fingerprint density at radius 2 is 2.00 bits per heavy atom. The molecule has 0 saturated carbocycles. The number of benzene rings is 1. The highest BCUT2D eigenvalue weighted by Crippen LogP contribution is 2.29. The van der Waals surface area contributed by atoms with Crippen molar-refractivity contribution in [3.05, 3.63) is 48.5 Å². The van der Waals surface area contributed by atoms with Crippen LogP contribution in [0.1, 0.15) is 18.7 Å². The van der Waals surface area contributed by atoms with Crippen LogP contribution in [0.15, 0.2) is 42.9 Å². The average molecular weight is 284 g/mol. The second-order valence-electron chi connectivity index (χ2n) is 5.11. The summed E-state index contributed by atoms with van der Waals surface area (Å²) in [4.78, 5) is 10.8. The molecule has 1 atom stereocenters. The van der Waals surface area contributed by atoms with E-state index in [9.17, 15) is 0 Å². The van der Waals surface area contributed by atoms with Crippen LogP contribution in [0.25, 0.3) is 0 Å². The number of para-hydroxylation sites is 2. The summed E-state index contributed by atoms with van der Waals surface area (Å²) in [6, 6.07) is 8.49. The van der Waals surface area contributed by atoms with Crippen molar-refractivity contribution in [2.24, 2.45) is 0 Å². The van der Waals surface area contributed by atoms with Crippen LogP contribution >= 0.6 is 0 Å². The van der Waals surface area contributed by atoms with Crippen molar-refractivity contribution in [2.45, 2.75) is 13.0 Å². The fourth-order valence-corrected chi connectivity index (χ4v) is 2.52. The standard InChI is InChI=1S/C16H20N4O/c1-13(15-12-17-6-7-18-15)19-14-4-2-3-5-16(14)20-8-10-21-11-9-20/h2-7,12-13,19H,8-11H2,1H3. The van der Waals surface area contributed by atoms with E-state index in [1.165, 1.54) is 5.69 Å². The summed E-state index contributed by atoms with van der Waals surface area (Å²) in [7, 11) is 0. The van der Waals surface area contributed by atoms with Gasteiger partial charge in [-0.1, -0.05) is 12.1 Å². The van der Waals surface area contributed by atoms with E-state index in [-0.39, 0.29) is 6.04 Å². The zero-order valence-corrected chi connectivity index (χ0v) is 12.2. The van der Waals surface area contributed by atoms with E-state index in [1.54, 1.807) is 18.6 Å². The van der Waals surface area contributed by atoms with Crippen molar-refractivity contribution in [2.75, 3.05) is 36.5 Å². The molecule has 1 aromatic carbocycles. The molecule has 2 heterocycles. The number of anilines is 2. The van der Waals surface area contributed by atoms with Gasteiger partial charge in [-0.05, 0) is 19.1 Å². The monoisotopic (exact) mass is 284 g/mol. The van der Waals surface area contributed by atoms with E-state index >= 15 is 0 Å². The van der Waals surface area contributed by atoms with Gasteiger partial charge < -0.3 is 15.0 Å². The van der Waals surface area contributed by atoms with E-state index in [2.05, 4.69) is 51.4 Å². The molecule has 1 N–H and O–H groups in total. The highest BCUT2D eigenvalue weighted by Gasteiger charge is 2.16. The molecule has 1 aromatic heterocycles. The summed E-state index contributed by atoms with van der Waals surface area (Å²) < 4.78 is 5.43. The first kappa shape index (κ1) is 13.8. The normalized spacial score (nSPS) is 16.5. The van der Waals surface area contributed by atoms with Gasteiger partial charge in [0.25, 0.3) is 0 Å². The van der Waals surface area contributed by atoms with Gasteiger partial charge in [0.2, 0.25) is 0 Å². The van der Waals surface area contributed by atoms with Gasteiger partial charge in [-0.3, -0.25) is 9.97 Å². The Labute approximate surface area is 125 Å². The van der Waals surface area contributed by atoms with Crippen LogP contribution in [0.4, 0.5) is 11.4 Å². The largest absolute Gasteiger partial charge is 0.378 e. The second kappa shape index (κ2) is 6.54. The quantitative estimate of drug-likeness (QED) is 0.934. The number of hydrogen-bond acceptors (Lipinski definition) is 5. The van der Waals surface area contributed by atoms with Crippen molar-refractivity contribution in [3.8, 4) is 0 Å². The van der Waals surface area contributed by atoms with Gasteiger partial charge in [0, 0.05) is 25.5 Å². The van der Waals surface area contributed by atoms with Crippen LogP contribution in [0.2, 0.25) is 0 Å². The maximum Gasteiger partial charge on any atom is 0.0806 e. The number of rotatable bonds is 4. The Kier molecular flexibility index (Phi) is 4.31. The highest BCUT2D eigenvalue weighted by atomic mass is 16.5. The molecule has 0 bridgehead atoms. The van der Waals surface area contributed by atoms with Gasteiger partial charge in [0.15, 0.2) is 0 Å². The molecule has 0 amide bonds. The van der Waals surface area contributed by atoms with Crippen LogP contribution in [-0.2, 0) is 4.74 Å². The Morgan fingerprint density at radius 3 is 2.76 bits per heavy atom. The van der Waals surface area contributed by atoms with E-state index in [1.807, 2.05) is 0 Å². The zero-order chi connectivity index (χ0) is 14.5. The van der Waals surface area contributed by atoms with Gasteiger partial charge >= 0.3 is 0 Å². The maximum absolute atomic E-state index is 5.43. The summed E-state index contributed by atoms with van der Waals surface area (Å²) in [6.07, 6.45) is 5.22. The number of nitrogens with one attached hydrogen (secondary N) is 1. The number of ether oxygens (including phenoxy) is 1. The molecule has 0 radical (unpaired) electrons. The molecule has 21 heavy (non-hydrogen) atoms. The van der Waals surface area contributed by atoms with Gasteiger partial charge in [-0.15, -0.1) is 0 Å². The molecule has 1 saturated heterocycles. The molecule has 2 aromatic rings. The van der Waals surface area contributed by atoms with E-state index in [0.717, 1.165) is 37.7 Å². The van der Waals surface area contributed by atoms with Crippen molar-refractivity contribution >= 4 is 11.4 Å². The summed E-state index contributed by atoms with van der Waals surface area (Å²) >= 11 is 0. The third-order valence-corrected chi connectivity index (χ3v) is 3.65. The number of morpholine rings is 1. The highest BCUT2D eigenvalue weighted by molar-refractivity contribution is 5.70. The topological polar surface area (TPSA) is 50.3 Å². The Hall–Kier alpha value is -2.14. The Bertz CT molecular complexity index is 569. The molecule has 1 unspecified atom stereocenters. The molecular formula is C16H20N4O. The van der Waals surface area contributed by atoms with Crippen LogP contribution < -0.4 is 10.2 Å². The lowest BCUT2D eigenvalue weighted by Crippen LogP contribution is -2.36. The van der Waals surface area contributed by atoms with Gasteiger partial charge in [-0.2, -0.15) is 0 Å². The lowest BCUT2D eigenvalue weighted by atomic mass is 10.2. The number of aromatic nitrogens is 2. The van der Waals surface area contributed by atoms with Crippen LogP contribution in [0, 0.1) is 0 Å². The van der Waals surface area contributed by atoms with Gasteiger partial charge in [0.05, 0.1) is 42.5 Å². The lowest BCUT2D eigenvalue weighted by molar-refractivity contribution is 0.123. The Morgan fingerprint density at radius 1 is 1.19 bits per heavy atom. The third-order valence-electron chi connectivity index (χ3n) is 3.65. The van der Waals surface area contributed by atoms with Crippen LogP contribution in [0.5, 0.6) is 0 Å². The first-order chi connectivity index (χ1) is 10.3. The Balaban J connectivity index is 1.79. The maximum atomic E-state index is 5.43. The molecule has 1 aliphatic rings. The van der Waals surface area contributed by atoms with E-state index < -0.39 is 0 Å². The predicted octanol–water partition coefficient (Wildman–Crippen LogP) is 2.49. The van der Waals surface area contributed by atoms with Gasteiger partial charge in [-0.25, -0.2) is 0 Å². The van der Waals surface area contributed by atoms with Crippen molar-refractivity contribution in [3.63, 3.8) is 0 Å². The number of hydrogen-bond donors (Lipinski definition) is 1. The summed E-state index contributed by atoms with van der Waals surface area (Å²) in [5, 5.41) is 3.54. The summed E-state index contributed by atoms with van der Waals surface area (Å²) in [5.74, 6) is 0. The summed E-state index contributed by atoms with van der Waals surface area (Å²) in [6.45, 7) is 5.53. The minimum Gasteiger partial charge on any atom is -0.378 e. The third kappa shape index (κ3) is 3.31. The molecular weight excluding hydrogens is 264 g/mol. The lowest BCUT2D eigenvalue weighted by Gasteiger charge is -2.31. The minimum absolute atomic E-state index is 0.112. The SMILES string of the molecule is CC(Nc1ccccc1N1CCOCC1)c1cnccn1. The van der Waals surface area contributed by atoms with E-state index in [0.29, 0.717) is 0 Å². The van der Waals surface area contributed by atoms with Crippen molar-refractivity contribution in [1.29, 1.82) is 0 Å². The first-order valence-corrected chi connectivity index (χ1v) is 7.29. The molecule has 0 aliphatic carbocycles. The van der Waals surface area contributed by atoms with Gasteiger partial charge in [0.1, 0.15) is 0 Å². The van der Waals surface area contributed by atoms with Crippen LogP contribution in [0.3, 0.4) is 0 Å². The first-order valence-electron chi connectivity index (χ1n) is 7.29. The molecule has 5 heteroatoms.